The van der Waals surface area contributed by atoms with E-state index in [9.17, 15) is 22.4 Å². The minimum absolute atomic E-state index is 0.00960. The lowest BCUT2D eigenvalue weighted by Gasteiger charge is -2.23. The van der Waals surface area contributed by atoms with Crippen LogP contribution in [0.4, 0.5) is 22.4 Å². The third-order valence-corrected chi connectivity index (χ3v) is 3.96. The van der Waals surface area contributed by atoms with E-state index >= 15 is 0 Å². The van der Waals surface area contributed by atoms with Crippen LogP contribution in [0, 0.1) is 5.82 Å². The van der Waals surface area contributed by atoms with E-state index in [2.05, 4.69) is 10.3 Å². The first-order valence-corrected chi connectivity index (χ1v) is 8.59. The van der Waals surface area contributed by atoms with Crippen LogP contribution in [0.15, 0.2) is 42.6 Å². The van der Waals surface area contributed by atoms with Crippen molar-refractivity contribution in [2.75, 3.05) is 6.54 Å². The number of halogens is 4. The van der Waals surface area contributed by atoms with Crippen LogP contribution in [0.25, 0.3) is 0 Å². The van der Waals surface area contributed by atoms with Crippen molar-refractivity contribution in [3.05, 3.63) is 65.2 Å². The van der Waals surface area contributed by atoms with Gasteiger partial charge in [-0.3, -0.25) is 4.98 Å². The molecule has 0 bridgehead atoms. The van der Waals surface area contributed by atoms with Gasteiger partial charge in [-0.25, -0.2) is 9.18 Å². The summed E-state index contributed by atoms with van der Waals surface area (Å²) in [6, 6.07) is 7.23. The lowest BCUT2D eigenvalue weighted by atomic mass is 10.1. The Bertz CT molecular complexity index is 750. The molecule has 0 saturated heterocycles. The van der Waals surface area contributed by atoms with Crippen molar-refractivity contribution in [2.24, 2.45) is 0 Å². The van der Waals surface area contributed by atoms with Gasteiger partial charge in [0.05, 0.1) is 17.8 Å². The molecule has 146 valence electrons. The highest BCUT2D eigenvalue weighted by molar-refractivity contribution is 5.74. The number of nitrogens with zero attached hydrogens (tertiary/aromatic N) is 2. The van der Waals surface area contributed by atoms with E-state index in [1.807, 2.05) is 13.0 Å². The van der Waals surface area contributed by atoms with E-state index in [1.165, 1.54) is 0 Å². The van der Waals surface area contributed by atoms with Crippen LogP contribution in [0.2, 0.25) is 0 Å². The van der Waals surface area contributed by atoms with Gasteiger partial charge in [-0.15, -0.1) is 0 Å². The minimum atomic E-state index is -4.61. The van der Waals surface area contributed by atoms with E-state index in [4.69, 9.17) is 0 Å². The molecule has 8 heteroatoms. The van der Waals surface area contributed by atoms with Crippen molar-refractivity contribution >= 4 is 6.03 Å². The van der Waals surface area contributed by atoms with Crippen LogP contribution in [-0.2, 0) is 19.3 Å². The van der Waals surface area contributed by atoms with Crippen LogP contribution in [-0.4, -0.2) is 22.5 Å². The molecule has 27 heavy (non-hydrogen) atoms. The molecule has 4 nitrogen and oxygen atoms in total. The Morgan fingerprint density at radius 2 is 2.00 bits per heavy atom. The molecule has 2 amide bonds. The summed E-state index contributed by atoms with van der Waals surface area (Å²) in [6.07, 6.45) is -1.31. The molecule has 0 radical (unpaired) electrons. The van der Waals surface area contributed by atoms with Gasteiger partial charge in [0, 0.05) is 24.8 Å². The summed E-state index contributed by atoms with van der Waals surface area (Å²) in [5.74, 6) is -1.00. The molecule has 0 spiro atoms. The van der Waals surface area contributed by atoms with Crippen LogP contribution >= 0.6 is 0 Å². The molecule has 0 aliphatic heterocycles. The fourth-order valence-electron chi connectivity index (χ4n) is 2.44. The van der Waals surface area contributed by atoms with Crippen LogP contribution < -0.4 is 5.32 Å². The molecule has 1 N–H and O–H groups in total. The molecule has 0 aliphatic carbocycles. The molecule has 0 aliphatic rings. The summed E-state index contributed by atoms with van der Waals surface area (Å²) < 4.78 is 51.7. The van der Waals surface area contributed by atoms with Crippen molar-refractivity contribution in [3.63, 3.8) is 0 Å². The van der Waals surface area contributed by atoms with Gasteiger partial charge >= 0.3 is 12.2 Å². The van der Waals surface area contributed by atoms with Gasteiger partial charge in [0.15, 0.2) is 0 Å². The number of rotatable bonds is 7. The number of amides is 2. The number of unbranched alkanes of at least 4 members (excludes halogenated alkanes) is 1. The molecule has 2 aromatic rings. The van der Waals surface area contributed by atoms with Crippen molar-refractivity contribution in [3.8, 4) is 0 Å². The zero-order valence-corrected chi connectivity index (χ0v) is 14.9. The van der Waals surface area contributed by atoms with Crippen molar-refractivity contribution in [1.29, 1.82) is 0 Å². The first-order chi connectivity index (χ1) is 12.8. The zero-order chi connectivity index (χ0) is 19.9. The topological polar surface area (TPSA) is 45.2 Å². The largest absolute Gasteiger partial charge is 0.416 e. The normalized spacial score (nSPS) is 11.3. The number of hydrogen-bond acceptors (Lipinski definition) is 2. The summed E-state index contributed by atoms with van der Waals surface area (Å²) in [7, 11) is 0. The highest BCUT2D eigenvalue weighted by Gasteiger charge is 2.31. The number of pyridine rings is 1. The molecule has 1 heterocycles. The Hall–Kier alpha value is -2.64. The second kappa shape index (κ2) is 9.34. The number of alkyl halides is 3. The quantitative estimate of drug-likeness (QED) is 0.701. The van der Waals surface area contributed by atoms with E-state index in [1.54, 1.807) is 23.2 Å². The van der Waals surface area contributed by atoms with Crippen LogP contribution in [0.5, 0.6) is 0 Å². The van der Waals surface area contributed by atoms with Crippen LogP contribution in [0.1, 0.15) is 36.6 Å². The number of carbonyl (C=O) groups excluding carboxylic acids is 1. The number of urea groups is 1. The van der Waals surface area contributed by atoms with Crippen molar-refractivity contribution in [1.82, 2.24) is 15.2 Å². The number of aromatic nitrogens is 1. The second-order valence-corrected chi connectivity index (χ2v) is 6.06. The number of benzene rings is 1. The lowest BCUT2D eigenvalue weighted by molar-refractivity contribution is -0.137. The van der Waals surface area contributed by atoms with E-state index in [-0.39, 0.29) is 12.1 Å². The average molecular weight is 383 g/mol. The smallest absolute Gasteiger partial charge is 0.334 e. The first kappa shape index (κ1) is 20.7. The summed E-state index contributed by atoms with van der Waals surface area (Å²) in [5.41, 5.74) is -0.358. The van der Waals surface area contributed by atoms with Gasteiger partial charge in [0.25, 0.3) is 0 Å². The Labute approximate surface area is 155 Å². The Balaban J connectivity index is 2.02. The fourth-order valence-corrected chi connectivity index (χ4v) is 2.44. The van der Waals surface area contributed by atoms with E-state index in [0.29, 0.717) is 24.8 Å². The van der Waals surface area contributed by atoms with Crippen molar-refractivity contribution < 1.29 is 22.4 Å². The Morgan fingerprint density at radius 3 is 2.59 bits per heavy atom. The Kier molecular flexibility index (Phi) is 7.15. The zero-order valence-electron chi connectivity index (χ0n) is 14.9. The third kappa shape index (κ3) is 6.23. The summed E-state index contributed by atoms with van der Waals surface area (Å²) in [5, 5.41) is 2.57. The maximum atomic E-state index is 13.9. The number of nitrogens with one attached hydrogen (secondary N) is 1. The van der Waals surface area contributed by atoms with E-state index in [0.717, 1.165) is 25.0 Å². The average Bonchev–Trinajstić information content (AvgIpc) is 2.63. The summed E-state index contributed by atoms with van der Waals surface area (Å²) >= 11 is 0. The van der Waals surface area contributed by atoms with Crippen LogP contribution in [0.3, 0.4) is 0 Å². The monoisotopic (exact) mass is 383 g/mol. The first-order valence-electron chi connectivity index (χ1n) is 8.59. The SMILES string of the molecule is CCCCN(Cc1ccccn1)C(=O)NCc1ccc(C(F)(F)F)cc1F. The summed E-state index contributed by atoms with van der Waals surface area (Å²) in [6.45, 7) is 2.58. The predicted octanol–water partition coefficient (Wildman–Crippen LogP) is 4.75. The van der Waals surface area contributed by atoms with E-state index < -0.39 is 23.6 Å². The van der Waals surface area contributed by atoms with Gasteiger partial charge in [0.1, 0.15) is 5.82 Å². The van der Waals surface area contributed by atoms with Gasteiger partial charge in [-0.05, 0) is 30.7 Å². The molecule has 1 aromatic carbocycles. The fraction of sp³-hybridized carbons (Fsp3) is 0.368. The van der Waals surface area contributed by atoms with Gasteiger partial charge in [-0.2, -0.15) is 13.2 Å². The summed E-state index contributed by atoms with van der Waals surface area (Å²) in [4.78, 5) is 18.2. The molecule has 0 fully saturated rings. The maximum Gasteiger partial charge on any atom is 0.416 e. The molecule has 1 aromatic heterocycles. The molecule has 0 saturated carbocycles. The molecule has 0 unspecified atom stereocenters. The van der Waals surface area contributed by atoms with Gasteiger partial charge in [0.2, 0.25) is 0 Å². The second-order valence-electron chi connectivity index (χ2n) is 6.06. The lowest BCUT2D eigenvalue weighted by Crippen LogP contribution is -2.40. The van der Waals surface area contributed by atoms with Gasteiger partial charge in [-0.1, -0.05) is 25.5 Å². The standard InChI is InChI=1S/C19H21F4N3O/c1-2-3-10-26(13-16-6-4-5-9-24-16)18(27)25-12-14-7-8-15(11-17(14)20)19(21,22)23/h4-9,11H,2-3,10,12-13H2,1H3,(H,25,27). The van der Waals surface area contributed by atoms with Gasteiger partial charge < -0.3 is 10.2 Å². The molecular formula is C19H21F4N3O. The Morgan fingerprint density at radius 1 is 1.22 bits per heavy atom. The number of hydrogen-bond donors (Lipinski definition) is 1. The highest BCUT2D eigenvalue weighted by atomic mass is 19.4. The number of carbonyl (C=O) groups is 1. The van der Waals surface area contributed by atoms with Crippen molar-refractivity contribution in [2.45, 2.75) is 39.0 Å². The predicted molar refractivity (Wildman–Crippen MR) is 93.2 cm³/mol. The minimum Gasteiger partial charge on any atom is -0.334 e. The molecular weight excluding hydrogens is 362 g/mol. The third-order valence-electron chi connectivity index (χ3n) is 3.96. The maximum absolute atomic E-state index is 13.9. The molecule has 2 rings (SSSR count). The highest BCUT2D eigenvalue weighted by Crippen LogP contribution is 2.30. The molecule has 0 atom stereocenters.